The van der Waals surface area contributed by atoms with Gasteiger partial charge in [-0.1, -0.05) is 30.3 Å². The van der Waals surface area contributed by atoms with Crippen LogP contribution in [-0.2, 0) is 13.0 Å². The van der Waals surface area contributed by atoms with Crippen molar-refractivity contribution in [3.8, 4) is 0 Å². The van der Waals surface area contributed by atoms with Crippen LogP contribution in [0.5, 0.6) is 0 Å². The average molecular weight is 286 g/mol. The fourth-order valence-corrected chi connectivity index (χ4v) is 3.12. The quantitative estimate of drug-likeness (QED) is 0.929. The van der Waals surface area contributed by atoms with Crippen LogP contribution in [0.3, 0.4) is 0 Å². The molecule has 1 aromatic carbocycles. The first-order valence-electron chi connectivity index (χ1n) is 7.61. The summed E-state index contributed by atoms with van der Waals surface area (Å²) in [5.74, 6) is 1.28. The van der Waals surface area contributed by atoms with Gasteiger partial charge in [-0.15, -0.1) is 0 Å². The van der Waals surface area contributed by atoms with Crippen LogP contribution >= 0.6 is 0 Å². The molecule has 5 nitrogen and oxygen atoms in total. The van der Waals surface area contributed by atoms with E-state index >= 15 is 0 Å². The van der Waals surface area contributed by atoms with Gasteiger partial charge in [0.05, 0.1) is 0 Å². The number of likely N-dealkylation sites (N-methyl/N-ethyl adjacent to an activating group) is 1. The van der Waals surface area contributed by atoms with E-state index in [0.29, 0.717) is 12.5 Å². The molecule has 1 aliphatic rings. The third kappa shape index (κ3) is 3.24. The smallest absolute Gasteiger partial charge is 0.306 e. The summed E-state index contributed by atoms with van der Waals surface area (Å²) in [7, 11) is 2.13. The van der Waals surface area contributed by atoms with Gasteiger partial charge in [-0.3, -0.25) is 4.57 Å². The van der Waals surface area contributed by atoms with Crippen LogP contribution in [0, 0.1) is 0 Å². The number of rotatable bonds is 4. The molecule has 1 atom stereocenters. The lowest BCUT2D eigenvalue weighted by Crippen LogP contribution is -2.33. The van der Waals surface area contributed by atoms with Gasteiger partial charge < -0.3 is 4.90 Å². The number of aryl methyl sites for hydroxylation is 1. The van der Waals surface area contributed by atoms with Crippen molar-refractivity contribution in [2.75, 3.05) is 20.1 Å². The molecule has 2 aromatic rings. The highest BCUT2D eigenvalue weighted by Gasteiger charge is 2.24. The fourth-order valence-electron chi connectivity index (χ4n) is 3.12. The molecular weight excluding hydrogens is 264 g/mol. The molecule has 1 aliphatic heterocycles. The van der Waals surface area contributed by atoms with Gasteiger partial charge >= 0.3 is 5.69 Å². The zero-order chi connectivity index (χ0) is 14.7. The van der Waals surface area contributed by atoms with E-state index in [1.165, 1.54) is 12.0 Å². The molecule has 1 saturated heterocycles. The van der Waals surface area contributed by atoms with Crippen molar-refractivity contribution in [2.24, 2.45) is 0 Å². The number of aromatic nitrogens is 3. The lowest BCUT2D eigenvalue weighted by atomic mass is 9.97. The van der Waals surface area contributed by atoms with Crippen LogP contribution in [0.1, 0.15) is 30.1 Å². The number of hydrogen-bond acceptors (Lipinski definition) is 3. The Morgan fingerprint density at radius 3 is 2.90 bits per heavy atom. The lowest BCUT2D eigenvalue weighted by Gasteiger charge is -2.29. The predicted molar refractivity (Wildman–Crippen MR) is 82.5 cm³/mol. The number of hydrogen-bond donors (Lipinski definition) is 1. The average Bonchev–Trinajstić information content (AvgIpc) is 2.87. The zero-order valence-electron chi connectivity index (χ0n) is 12.5. The lowest BCUT2D eigenvalue weighted by molar-refractivity contribution is 0.242. The maximum absolute atomic E-state index is 12.0. The van der Waals surface area contributed by atoms with Crippen molar-refractivity contribution in [1.82, 2.24) is 19.7 Å². The van der Waals surface area contributed by atoms with Crippen molar-refractivity contribution >= 4 is 0 Å². The Labute approximate surface area is 124 Å². The minimum Gasteiger partial charge on any atom is -0.306 e. The van der Waals surface area contributed by atoms with E-state index in [9.17, 15) is 4.79 Å². The second-order valence-electron chi connectivity index (χ2n) is 5.88. The number of aromatic amines is 1. The van der Waals surface area contributed by atoms with E-state index in [2.05, 4.69) is 34.3 Å². The molecule has 0 aliphatic carbocycles. The van der Waals surface area contributed by atoms with E-state index in [0.717, 1.165) is 31.8 Å². The van der Waals surface area contributed by atoms with E-state index in [1.54, 1.807) is 0 Å². The first-order valence-corrected chi connectivity index (χ1v) is 7.61. The molecule has 21 heavy (non-hydrogen) atoms. The minimum absolute atomic E-state index is 0.0887. The molecule has 1 aromatic heterocycles. The van der Waals surface area contributed by atoms with Gasteiger partial charge in [0.2, 0.25) is 0 Å². The van der Waals surface area contributed by atoms with E-state index in [-0.39, 0.29) is 5.69 Å². The Balaban J connectivity index is 1.76. The van der Waals surface area contributed by atoms with Crippen LogP contribution in [0.2, 0.25) is 0 Å². The largest absolute Gasteiger partial charge is 0.343 e. The summed E-state index contributed by atoms with van der Waals surface area (Å²) in [4.78, 5) is 14.3. The number of nitrogens with zero attached hydrogens (tertiary/aromatic N) is 3. The van der Waals surface area contributed by atoms with Gasteiger partial charge in [0.1, 0.15) is 5.82 Å². The molecule has 2 heterocycles. The summed E-state index contributed by atoms with van der Waals surface area (Å²) < 4.78 is 1.82. The van der Waals surface area contributed by atoms with Crippen molar-refractivity contribution in [1.29, 1.82) is 0 Å². The van der Waals surface area contributed by atoms with Crippen molar-refractivity contribution < 1.29 is 0 Å². The van der Waals surface area contributed by atoms with Gasteiger partial charge in [-0.05, 0) is 38.4 Å². The Morgan fingerprint density at radius 2 is 2.14 bits per heavy atom. The Bertz CT molecular complexity index is 631. The molecule has 5 heteroatoms. The number of benzene rings is 1. The Morgan fingerprint density at radius 1 is 1.33 bits per heavy atom. The van der Waals surface area contributed by atoms with E-state index in [1.807, 2.05) is 22.8 Å². The number of piperidine rings is 1. The number of nitrogens with one attached hydrogen (secondary N) is 1. The summed E-state index contributed by atoms with van der Waals surface area (Å²) in [5.41, 5.74) is 1.16. The van der Waals surface area contributed by atoms with Gasteiger partial charge in [0, 0.05) is 19.0 Å². The zero-order valence-corrected chi connectivity index (χ0v) is 12.5. The van der Waals surface area contributed by atoms with Crippen molar-refractivity contribution in [3.63, 3.8) is 0 Å². The Hall–Kier alpha value is -1.88. The predicted octanol–water partition coefficient (Wildman–Crippen LogP) is 1.62. The second-order valence-corrected chi connectivity index (χ2v) is 5.88. The Kier molecular flexibility index (Phi) is 4.20. The van der Waals surface area contributed by atoms with Crippen LogP contribution in [0.15, 0.2) is 35.1 Å². The summed E-state index contributed by atoms with van der Waals surface area (Å²) in [6, 6.07) is 10.3. The monoisotopic (exact) mass is 286 g/mol. The first kappa shape index (κ1) is 14.1. The maximum atomic E-state index is 12.0. The number of H-pyrrole nitrogens is 1. The SMILES string of the molecule is CN1CCC[C@H](c2n[nH]c(=O)n2CCc2ccccc2)C1. The normalized spacial score (nSPS) is 19.8. The standard InChI is InChI=1S/C16H22N4O/c1-19-10-5-8-14(12-19)15-17-18-16(21)20(15)11-9-13-6-3-2-4-7-13/h2-4,6-7,14H,5,8-12H2,1H3,(H,18,21)/t14-/m0/s1. The van der Waals surface area contributed by atoms with Crippen LogP contribution in [0.4, 0.5) is 0 Å². The molecule has 3 rings (SSSR count). The van der Waals surface area contributed by atoms with Crippen molar-refractivity contribution in [3.05, 3.63) is 52.2 Å². The molecule has 112 valence electrons. The molecule has 1 N–H and O–H groups in total. The summed E-state index contributed by atoms with van der Waals surface area (Å²) in [6.07, 6.45) is 3.14. The van der Waals surface area contributed by atoms with Crippen LogP contribution in [0.25, 0.3) is 0 Å². The first-order chi connectivity index (χ1) is 10.2. The fraction of sp³-hybridized carbons (Fsp3) is 0.500. The van der Waals surface area contributed by atoms with Gasteiger partial charge in [0.25, 0.3) is 0 Å². The highest BCUT2D eigenvalue weighted by atomic mass is 16.1. The summed E-state index contributed by atoms with van der Waals surface area (Å²) >= 11 is 0. The molecule has 0 bridgehead atoms. The molecule has 0 saturated carbocycles. The molecule has 0 spiro atoms. The van der Waals surface area contributed by atoms with Crippen LogP contribution in [-0.4, -0.2) is 39.8 Å². The second kappa shape index (κ2) is 6.26. The molecule has 0 amide bonds. The highest BCUT2D eigenvalue weighted by Crippen LogP contribution is 2.23. The van der Waals surface area contributed by atoms with Crippen LogP contribution < -0.4 is 5.69 Å². The van der Waals surface area contributed by atoms with Gasteiger partial charge in [-0.2, -0.15) is 5.10 Å². The molecule has 0 unspecified atom stereocenters. The third-order valence-corrected chi connectivity index (χ3v) is 4.24. The minimum atomic E-state index is -0.0887. The number of likely N-dealkylation sites (tertiary alicyclic amines) is 1. The van der Waals surface area contributed by atoms with E-state index in [4.69, 9.17) is 0 Å². The van der Waals surface area contributed by atoms with Gasteiger partial charge in [0.15, 0.2) is 0 Å². The van der Waals surface area contributed by atoms with Gasteiger partial charge in [-0.25, -0.2) is 9.89 Å². The van der Waals surface area contributed by atoms with Crippen molar-refractivity contribution in [2.45, 2.75) is 31.7 Å². The summed E-state index contributed by atoms with van der Waals surface area (Å²) in [6.45, 7) is 2.81. The highest BCUT2D eigenvalue weighted by molar-refractivity contribution is 5.14. The molecular formula is C16H22N4O. The van der Waals surface area contributed by atoms with E-state index < -0.39 is 0 Å². The maximum Gasteiger partial charge on any atom is 0.343 e. The topological polar surface area (TPSA) is 53.9 Å². The summed E-state index contributed by atoms with van der Waals surface area (Å²) in [5, 5.41) is 6.91. The molecule has 0 radical (unpaired) electrons. The molecule has 1 fully saturated rings. The third-order valence-electron chi connectivity index (χ3n) is 4.24.